The van der Waals surface area contributed by atoms with Crippen molar-refractivity contribution in [3.05, 3.63) is 5.21 Å². The summed E-state index contributed by atoms with van der Waals surface area (Å²) in [5.74, 6) is 0. The molecule has 0 fully saturated rings. The fraction of sp³-hybridized carbons (Fsp3) is 0.889. The molecule has 0 aromatic rings. The minimum Gasteiger partial charge on any atom is -0.622 e. The summed E-state index contributed by atoms with van der Waals surface area (Å²) in [5.41, 5.74) is -0.554. The van der Waals surface area contributed by atoms with Gasteiger partial charge in [-0.2, -0.15) is 4.74 Å². The lowest BCUT2D eigenvalue weighted by molar-refractivity contribution is -0.593. The molecular formula is C9H17NO2. The second kappa shape index (κ2) is 2.46. The number of rotatable bonds is 1. The average Bonchev–Trinajstić information content (AvgIpc) is 1.98. The van der Waals surface area contributed by atoms with E-state index in [2.05, 4.69) is 0 Å². The largest absolute Gasteiger partial charge is 0.622 e. The summed E-state index contributed by atoms with van der Waals surface area (Å²) in [5, 5.41) is 21.2. The first-order valence-corrected chi connectivity index (χ1v) is 4.37. The molecule has 1 aliphatic heterocycles. The normalized spacial score (nSPS) is 34.4. The lowest BCUT2D eigenvalue weighted by Crippen LogP contribution is -2.32. The van der Waals surface area contributed by atoms with Gasteiger partial charge in [-0.1, -0.05) is 6.92 Å². The topological polar surface area (TPSA) is 46.3 Å². The predicted molar refractivity (Wildman–Crippen MR) is 47.9 cm³/mol. The van der Waals surface area contributed by atoms with Crippen LogP contribution in [-0.4, -0.2) is 21.3 Å². The minimum absolute atomic E-state index is 0.153. The molecule has 3 heteroatoms. The third-order valence-corrected chi connectivity index (χ3v) is 2.58. The first kappa shape index (κ1) is 9.52. The second-order valence-electron chi connectivity index (χ2n) is 4.37. The lowest BCUT2D eigenvalue weighted by atomic mass is 9.83. The highest BCUT2D eigenvalue weighted by Gasteiger charge is 2.50. The average molecular weight is 171 g/mol. The van der Waals surface area contributed by atoms with Crippen molar-refractivity contribution in [2.75, 3.05) is 0 Å². The molecule has 3 nitrogen and oxygen atoms in total. The molecule has 1 N–H and O–H groups in total. The van der Waals surface area contributed by atoms with E-state index in [9.17, 15) is 10.3 Å². The summed E-state index contributed by atoms with van der Waals surface area (Å²) < 4.78 is 0.771. The van der Waals surface area contributed by atoms with Gasteiger partial charge in [0.25, 0.3) is 5.72 Å². The third-order valence-electron chi connectivity index (χ3n) is 2.58. The number of hydrogen-bond acceptors (Lipinski definition) is 2. The summed E-state index contributed by atoms with van der Waals surface area (Å²) in [6.07, 6.45) is 1.24. The Kier molecular flexibility index (Phi) is 1.95. The fourth-order valence-electron chi connectivity index (χ4n) is 2.20. The second-order valence-corrected chi connectivity index (χ2v) is 4.37. The van der Waals surface area contributed by atoms with E-state index < -0.39 is 5.72 Å². The van der Waals surface area contributed by atoms with Crippen molar-refractivity contribution in [3.63, 3.8) is 0 Å². The molecule has 1 heterocycles. The Bertz CT molecular complexity index is 229. The van der Waals surface area contributed by atoms with E-state index in [1.165, 1.54) is 0 Å². The van der Waals surface area contributed by atoms with Crippen LogP contribution in [0.25, 0.3) is 0 Å². The van der Waals surface area contributed by atoms with Crippen LogP contribution in [0.1, 0.15) is 40.5 Å². The van der Waals surface area contributed by atoms with Crippen molar-refractivity contribution in [1.82, 2.24) is 0 Å². The van der Waals surface area contributed by atoms with Crippen LogP contribution < -0.4 is 0 Å². The van der Waals surface area contributed by atoms with E-state index in [0.29, 0.717) is 12.8 Å². The minimum atomic E-state index is -1.20. The van der Waals surface area contributed by atoms with Crippen molar-refractivity contribution in [2.45, 2.75) is 46.3 Å². The monoisotopic (exact) mass is 171 g/mol. The summed E-state index contributed by atoms with van der Waals surface area (Å²) in [7, 11) is 0. The van der Waals surface area contributed by atoms with Crippen LogP contribution in [0.4, 0.5) is 0 Å². The van der Waals surface area contributed by atoms with Crippen LogP contribution in [0.5, 0.6) is 0 Å². The Morgan fingerprint density at radius 1 is 1.50 bits per heavy atom. The van der Waals surface area contributed by atoms with Gasteiger partial charge < -0.3 is 10.3 Å². The Balaban J connectivity index is 3.10. The molecule has 0 bridgehead atoms. The van der Waals surface area contributed by atoms with E-state index in [1.54, 1.807) is 6.92 Å². The number of nitrogens with zero attached hydrogens (tertiary/aromatic N) is 1. The predicted octanol–water partition coefficient (Wildman–Crippen LogP) is 1.49. The van der Waals surface area contributed by atoms with Gasteiger partial charge >= 0.3 is 0 Å². The van der Waals surface area contributed by atoms with Gasteiger partial charge in [0.15, 0.2) is 5.71 Å². The Morgan fingerprint density at radius 3 is 2.17 bits per heavy atom. The van der Waals surface area contributed by atoms with Gasteiger partial charge in [-0.15, -0.1) is 0 Å². The van der Waals surface area contributed by atoms with Crippen LogP contribution in [0.15, 0.2) is 0 Å². The molecule has 0 amide bonds. The molecule has 1 aliphatic rings. The fourth-order valence-corrected chi connectivity index (χ4v) is 2.20. The molecule has 1 atom stereocenters. The van der Waals surface area contributed by atoms with Crippen LogP contribution in [-0.2, 0) is 0 Å². The molecule has 70 valence electrons. The number of aliphatic hydroxyl groups is 1. The summed E-state index contributed by atoms with van der Waals surface area (Å²) in [6.45, 7) is 7.52. The molecule has 1 unspecified atom stereocenters. The van der Waals surface area contributed by atoms with Gasteiger partial charge in [-0.25, -0.2) is 0 Å². The highest BCUT2D eigenvalue weighted by atomic mass is 16.5. The highest BCUT2D eigenvalue weighted by molar-refractivity contribution is 5.86. The molecule has 0 saturated heterocycles. The van der Waals surface area contributed by atoms with Crippen LogP contribution >= 0.6 is 0 Å². The van der Waals surface area contributed by atoms with E-state index in [-0.39, 0.29) is 5.41 Å². The van der Waals surface area contributed by atoms with E-state index >= 15 is 0 Å². The Morgan fingerprint density at radius 2 is 2.00 bits per heavy atom. The Hall–Kier alpha value is -0.570. The molecule has 0 spiro atoms. The molecule has 0 aliphatic carbocycles. The van der Waals surface area contributed by atoms with Gasteiger partial charge in [0, 0.05) is 13.3 Å². The summed E-state index contributed by atoms with van der Waals surface area (Å²) in [4.78, 5) is 0. The van der Waals surface area contributed by atoms with Gasteiger partial charge in [0.2, 0.25) is 0 Å². The van der Waals surface area contributed by atoms with Crippen molar-refractivity contribution in [1.29, 1.82) is 0 Å². The highest BCUT2D eigenvalue weighted by Crippen LogP contribution is 2.37. The summed E-state index contributed by atoms with van der Waals surface area (Å²) in [6, 6.07) is 0. The first-order valence-electron chi connectivity index (χ1n) is 4.37. The zero-order valence-corrected chi connectivity index (χ0v) is 8.22. The molecule has 0 aromatic heterocycles. The maximum absolute atomic E-state index is 11.5. The number of hydrogen-bond donors (Lipinski definition) is 1. The molecular weight excluding hydrogens is 154 g/mol. The van der Waals surface area contributed by atoms with Crippen molar-refractivity contribution < 1.29 is 9.85 Å². The third kappa shape index (κ3) is 1.22. The quantitative estimate of drug-likeness (QED) is 0.480. The molecule has 0 radical (unpaired) electrons. The molecule has 12 heavy (non-hydrogen) atoms. The van der Waals surface area contributed by atoms with Gasteiger partial charge in [0.05, 0.1) is 11.8 Å². The first-order chi connectivity index (χ1) is 5.31. The van der Waals surface area contributed by atoms with Crippen LogP contribution in [0, 0.1) is 10.6 Å². The zero-order chi connectivity index (χ0) is 9.57. The van der Waals surface area contributed by atoms with Crippen molar-refractivity contribution in [2.24, 2.45) is 5.41 Å². The standard InChI is InChI=1S/C9H17NO2/c1-5-7-8(2,3)6-9(4,11)10(7)12/h11H,5-6H2,1-4H3. The van der Waals surface area contributed by atoms with E-state index in [4.69, 9.17) is 0 Å². The molecule has 0 saturated carbocycles. The molecule has 0 aromatic carbocycles. The van der Waals surface area contributed by atoms with Crippen molar-refractivity contribution >= 4 is 5.71 Å². The van der Waals surface area contributed by atoms with Crippen molar-refractivity contribution in [3.8, 4) is 0 Å². The Labute approximate surface area is 73.3 Å². The van der Waals surface area contributed by atoms with Gasteiger partial charge in [-0.3, -0.25) is 0 Å². The van der Waals surface area contributed by atoms with Crippen LogP contribution in [0.2, 0.25) is 0 Å². The summed E-state index contributed by atoms with van der Waals surface area (Å²) >= 11 is 0. The van der Waals surface area contributed by atoms with Crippen LogP contribution in [0.3, 0.4) is 0 Å². The van der Waals surface area contributed by atoms with Gasteiger partial charge in [0.1, 0.15) is 0 Å². The van der Waals surface area contributed by atoms with E-state index in [0.717, 1.165) is 10.5 Å². The number of hydroxylamine groups is 1. The maximum Gasteiger partial charge on any atom is 0.272 e. The van der Waals surface area contributed by atoms with Gasteiger partial charge in [-0.05, 0) is 13.8 Å². The maximum atomic E-state index is 11.5. The van der Waals surface area contributed by atoms with E-state index in [1.807, 2.05) is 20.8 Å². The lowest BCUT2D eigenvalue weighted by Gasteiger charge is -2.17. The molecule has 1 rings (SSSR count). The smallest absolute Gasteiger partial charge is 0.272 e. The zero-order valence-electron chi connectivity index (χ0n) is 8.22. The SMILES string of the molecule is CCC1=[N+]([O-])C(C)(O)CC1(C)C.